The minimum atomic E-state index is -0.811. The summed E-state index contributed by atoms with van der Waals surface area (Å²) in [6, 6.07) is 8.08. The largest absolute Gasteiger partial charge is 0.348 e. The van der Waals surface area contributed by atoms with Crippen LogP contribution in [0.15, 0.2) is 35.4 Å². The number of nitrogens with one attached hydrogen (secondary N) is 2. The van der Waals surface area contributed by atoms with Crippen LogP contribution < -0.4 is 10.7 Å². The van der Waals surface area contributed by atoms with Crippen LogP contribution in [0.1, 0.15) is 30.8 Å². The van der Waals surface area contributed by atoms with Crippen LogP contribution in [-0.2, 0) is 9.59 Å². The van der Waals surface area contributed by atoms with Crippen molar-refractivity contribution in [3.05, 3.63) is 53.1 Å². The molecular weight excluding hydrogens is 335 g/mol. The molecule has 0 spiro atoms. The van der Waals surface area contributed by atoms with Crippen molar-refractivity contribution in [2.75, 3.05) is 6.54 Å². The fourth-order valence-corrected chi connectivity index (χ4v) is 2.49. The number of aryl methyl sites for hydroxylation is 1. The van der Waals surface area contributed by atoms with E-state index in [4.69, 9.17) is 0 Å². The molecule has 2 N–H and O–H groups in total. The first kappa shape index (κ1) is 19.4. The van der Waals surface area contributed by atoms with Gasteiger partial charge in [-0.05, 0) is 50.1 Å². The Morgan fingerprint density at radius 2 is 1.85 bits per heavy atom. The molecule has 1 aromatic carbocycles. The summed E-state index contributed by atoms with van der Waals surface area (Å²) in [5.41, 5.74) is 5.66. The van der Waals surface area contributed by atoms with Crippen molar-refractivity contribution < 1.29 is 14.0 Å². The number of carbonyl (C=O) groups excluding carboxylic acids is 2. The number of carbonyl (C=O) groups is 2. The first-order valence-corrected chi connectivity index (χ1v) is 8.35. The quantitative estimate of drug-likeness (QED) is 0.489. The molecule has 1 aromatic heterocycles. The monoisotopic (exact) mass is 358 g/mol. The van der Waals surface area contributed by atoms with E-state index in [0.29, 0.717) is 6.54 Å². The van der Waals surface area contributed by atoms with E-state index in [-0.39, 0.29) is 11.7 Å². The van der Waals surface area contributed by atoms with Gasteiger partial charge < -0.3 is 9.88 Å². The summed E-state index contributed by atoms with van der Waals surface area (Å²) in [6.45, 7) is 8.12. The Morgan fingerprint density at radius 1 is 1.19 bits per heavy atom. The van der Waals surface area contributed by atoms with Crippen LogP contribution >= 0.6 is 0 Å². The minimum Gasteiger partial charge on any atom is -0.348 e. The Bertz CT molecular complexity index is 823. The zero-order valence-electron chi connectivity index (χ0n) is 15.3. The average molecular weight is 358 g/mol. The van der Waals surface area contributed by atoms with Crippen LogP contribution in [0, 0.1) is 25.6 Å². The Hall–Kier alpha value is -2.96. The highest BCUT2D eigenvalue weighted by molar-refractivity contribution is 6.35. The van der Waals surface area contributed by atoms with E-state index >= 15 is 0 Å². The number of rotatable bonds is 5. The molecule has 0 aliphatic carbocycles. The Labute approximate surface area is 152 Å². The molecule has 6 nitrogen and oxygen atoms in total. The summed E-state index contributed by atoms with van der Waals surface area (Å²) in [5.74, 6) is -1.56. The number of hydrogen-bond donors (Lipinski definition) is 2. The van der Waals surface area contributed by atoms with Crippen molar-refractivity contribution in [3.63, 3.8) is 0 Å². The summed E-state index contributed by atoms with van der Waals surface area (Å²) in [7, 11) is 0. The van der Waals surface area contributed by atoms with Crippen molar-refractivity contribution in [2.45, 2.75) is 27.7 Å². The summed E-state index contributed by atoms with van der Waals surface area (Å²) >= 11 is 0. The number of aromatic nitrogens is 1. The highest BCUT2D eigenvalue weighted by Crippen LogP contribution is 2.19. The van der Waals surface area contributed by atoms with E-state index in [0.717, 1.165) is 22.6 Å². The number of hydrogen-bond acceptors (Lipinski definition) is 3. The molecule has 0 unspecified atom stereocenters. The fourth-order valence-electron chi connectivity index (χ4n) is 2.49. The maximum Gasteiger partial charge on any atom is 0.329 e. The molecule has 2 amide bonds. The first-order valence-electron chi connectivity index (χ1n) is 8.35. The summed E-state index contributed by atoms with van der Waals surface area (Å²) in [6.07, 6.45) is 1.48. The normalized spacial score (nSPS) is 11.2. The molecule has 0 saturated carbocycles. The van der Waals surface area contributed by atoms with Crippen LogP contribution in [0.25, 0.3) is 5.69 Å². The molecule has 138 valence electrons. The van der Waals surface area contributed by atoms with Gasteiger partial charge in [0, 0.05) is 29.2 Å². The van der Waals surface area contributed by atoms with E-state index in [2.05, 4.69) is 15.8 Å². The predicted molar refractivity (Wildman–Crippen MR) is 98.8 cm³/mol. The van der Waals surface area contributed by atoms with Gasteiger partial charge in [-0.25, -0.2) is 9.82 Å². The van der Waals surface area contributed by atoms with Crippen LogP contribution in [0.5, 0.6) is 0 Å². The molecular formula is C19H23FN4O2. The highest BCUT2D eigenvalue weighted by Gasteiger charge is 2.13. The molecule has 0 bridgehead atoms. The van der Waals surface area contributed by atoms with E-state index in [9.17, 15) is 14.0 Å². The number of nitrogens with zero attached hydrogens (tertiary/aromatic N) is 2. The van der Waals surface area contributed by atoms with Gasteiger partial charge in [0.1, 0.15) is 5.82 Å². The molecule has 26 heavy (non-hydrogen) atoms. The van der Waals surface area contributed by atoms with Gasteiger partial charge in [0.15, 0.2) is 0 Å². The molecule has 0 atom stereocenters. The molecule has 0 radical (unpaired) electrons. The molecule has 2 rings (SSSR count). The third-order valence-corrected chi connectivity index (χ3v) is 3.80. The lowest BCUT2D eigenvalue weighted by molar-refractivity contribution is -0.139. The van der Waals surface area contributed by atoms with Crippen molar-refractivity contribution in [1.82, 2.24) is 15.3 Å². The summed E-state index contributed by atoms with van der Waals surface area (Å²) < 4.78 is 15.1. The van der Waals surface area contributed by atoms with E-state index in [1.54, 1.807) is 12.1 Å². The Kier molecular flexibility index (Phi) is 6.27. The lowest BCUT2D eigenvalue weighted by atomic mass is 10.2. The Morgan fingerprint density at radius 3 is 2.46 bits per heavy atom. The van der Waals surface area contributed by atoms with Gasteiger partial charge in [0.2, 0.25) is 0 Å². The van der Waals surface area contributed by atoms with Gasteiger partial charge in [-0.3, -0.25) is 9.59 Å². The topological polar surface area (TPSA) is 75.5 Å². The maximum absolute atomic E-state index is 13.1. The first-order chi connectivity index (χ1) is 12.3. The average Bonchev–Trinajstić information content (AvgIpc) is 2.87. The molecule has 0 saturated heterocycles. The van der Waals surface area contributed by atoms with E-state index in [1.165, 1.54) is 18.3 Å². The minimum absolute atomic E-state index is 0.257. The van der Waals surface area contributed by atoms with Crippen molar-refractivity contribution in [2.24, 2.45) is 11.0 Å². The van der Waals surface area contributed by atoms with Gasteiger partial charge in [-0.1, -0.05) is 13.8 Å². The zero-order chi connectivity index (χ0) is 19.3. The van der Waals surface area contributed by atoms with E-state index < -0.39 is 11.8 Å². The second-order valence-corrected chi connectivity index (χ2v) is 6.44. The second-order valence-electron chi connectivity index (χ2n) is 6.44. The van der Waals surface area contributed by atoms with Crippen LogP contribution in [0.4, 0.5) is 4.39 Å². The zero-order valence-corrected chi connectivity index (χ0v) is 15.3. The predicted octanol–water partition coefficient (Wildman–Crippen LogP) is 2.46. The van der Waals surface area contributed by atoms with Gasteiger partial charge in [-0.2, -0.15) is 5.10 Å². The van der Waals surface area contributed by atoms with Crippen molar-refractivity contribution >= 4 is 18.0 Å². The molecule has 0 aliphatic heterocycles. The Balaban J connectivity index is 2.07. The highest BCUT2D eigenvalue weighted by atomic mass is 19.1. The van der Waals surface area contributed by atoms with Crippen LogP contribution in [0.2, 0.25) is 0 Å². The van der Waals surface area contributed by atoms with Crippen LogP contribution in [-0.4, -0.2) is 29.1 Å². The SMILES string of the molecule is Cc1cc(/C=N\NC(=O)C(=O)NCC(C)C)c(C)n1-c1ccc(F)cc1. The molecule has 2 aromatic rings. The summed E-state index contributed by atoms with van der Waals surface area (Å²) in [4.78, 5) is 23.3. The van der Waals surface area contributed by atoms with Crippen molar-refractivity contribution in [1.29, 1.82) is 0 Å². The van der Waals surface area contributed by atoms with E-state index in [1.807, 2.05) is 38.3 Å². The number of halogens is 1. The molecule has 0 fully saturated rings. The lowest BCUT2D eigenvalue weighted by Gasteiger charge is -2.09. The lowest BCUT2D eigenvalue weighted by Crippen LogP contribution is -2.39. The number of hydrazone groups is 1. The van der Waals surface area contributed by atoms with Gasteiger partial charge in [0.25, 0.3) is 0 Å². The molecule has 7 heteroatoms. The van der Waals surface area contributed by atoms with Gasteiger partial charge >= 0.3 is 11.8 Å². The molecule has 1 heterocycles. The van der Waals surface area contributed by atoms with Crippen molar-refractivity contribution in [3.8, 4) is 5.69 Å². The second kappa shape index (κ2) is 8.42. The fraction of sp³-hybridized carbons (Fsp3) is 0.316. The van der Waals surface area contributed by atoms with Gasteiger partial charge in [-0.15, -0.1) is 0 Å². The summed E-state index contributed by atoms with van der Waals surface area (Å²) in [5, 5.41) is 6.38. The van der Waals surface area contributed by atoms with Gasteiger partial charge in [0.05, 0.1) is 6.21 Å². The third-order valence-electron chi connectivity index (χ3n) is 3.80. The number of benzene rings is 1. The van der Waals surface area contributed by atoms with Crippen LogP contribution in [0.3, 0.4) is 0 Å². The number of amides is 2. The smallest absolute Gasteiger partial charge is 0.329 e. The third kappa shape index (κ3) is 4.78. The standard InChI is InChI=1S/C19H23FN4O2/c1-12(2)10-21-18(25)19(26)23-22-11-15-9-13(3)24(14(15)4)17-7-5-16(20)6-8-17/h5-9,11-12H,10H2,1-4H3,(H,21,25)(H,23,26)/b22-11-. The molecule has 0 aliphatic rings. The maximum atomic E-state index is 13.1.